The van der Waals surface area contributed by atoms with Gasteiger partial charge in [0.05, 0.1) is 22.0 Å². The Morgan fingerprint density at radius 3 is 2.78 bits per heavy atom. The maximum Gasteiger partial charge on any atom is 0.137 e. The summed E-state index contributed by atoms with van der Waals surface area (Å²) in [6, 6.07) is 12.1. The summed E-state index contributed by atoms with van der Waals surface area (Å²) in [7, 11) is 0. The number of thiophene rings is 1. The van der Waals surface area contributed by atoms with E-state index in [1.54, 1.807) is 30.5 Å². The van der Waals surface area contributed by atoms with E-state index in [0.29, 0.717) is 33.3 Å². The summed E-state index contributed by atoms with van der Waals surface area (Å²) in [6.07, 6.45) is 1.54. The van der Waals surface area contributed by atoms with Crippen molar-refractivity contribution in [1.82, 2.24) is 10.2 Å². The van der Waals surface area contributed by atoms with Crippen molar-refractivity contribution in [2.45, 2.75) is 6.92 Å². The third-order valence-electron chi connectivity index (χ3n) is 4.67. The second kappa shape index (κ2) is 5.89. The SMILES string of the molecule is Cc1cc2occc2c(O)c1-c1cc2scc(-c3ccccc3F)c2nn1. The zero-order valence-electron chi connectivity index (χ0n) is 14.2. The van der Waals surface area contributed by atoms with Gasteiger partial charge in [-0.05, 0) is 36.8 Å². The van der Waals surface area contributed by atoms with Crippen molar-refractivity contribution in [1.29, 1.82) is 0 Å². The predicted molar refractivity (Wildman–Crippen MR) is 104 cm³/mol. The summed E-state index contributed by atoms with van der Waals surface area (Å²) >= 11 is 1.47. The molecule has 0 fully saturated rings. The molecule has 5 aromatic rings. The van der Waals surface area contributed by atoms with Crippen molar-refractivity contribution in [3.8, 4) is 28.1 Å². The number of nitrogens with zero attached hydrogens (tertiary/aromatic N) is 2. The lowest BCUT2D eigenvalue weighted by molar-refractivity contribution is 0.482. The van der Waals surface area contributed by atoms with Gasteiger partial charge in [-0.3, -0.25) is 0 Å². The monoisotopic (exact) mass is 376 g/mol. The smallest absolute Gasteiger partial charge is 0.137 e. The highest BCUT2D eigenvalue weighted by Gasteiger charge is 2.18. The van der Waals surface area contributed by atoms with Gasteiger partial charge in [-0.15, -0.1) is 21.5 Å². The van der Waals surface area contributed by atoms with Crippen molar-refractivity contribution >= 4 is 32.5 Å². The molecule has 0 aliphatic carbocycles. The Labute approximate surface area is 157 Å². The Morgan fingerprint density at radius 1 is 1.07 bits per heavy atom. The number of phenols is 1. The molecule has 5 rings (SSSR count). The van der Waals surface area contributed by atoms with E-state index in [1.165, 1.54) is 17.4 Å². The number of aromatic hydroxyl groups is 1. The molecule has 4 nitrogen and oxygen atoms in total. The molecule has 0 bridgehead atoms. The number of aryl methyl sites for hydroxylation is 1. The summed E-state index contributed by atoms with van der Waals surface area (Å²) in [5.74, 6) is -0.166. The first-order valence-corrected chi connectivity index (χ1v) is 9.21. The largest absolute Gasteiger partial charge is 0.506 e. The van der Waals surface area contributed by atoms with Gasteiger partial charge >= 0.3 is 0 Å². The molecule has 0 aliphatic rings. The molecule has 0 saturated heterocycles. The number of phenolic OH excluding ortho intramolecular Hbond substituents is 1. The van der Waals surface area contributed by atoms with Gasteiger partial charge < -0.3 is 9.52 Å². The van der Waals surface area contributed by atoms with Gasteiger partial charge in [0.1, 0.15) is 22.7 Å². The number of hydrogen-bond acceptors (Lipinski definition) is 5. The van der Waals surface area contributed by atoms with Crippen LogP contribution in [0.5, 0.6) is 5.75 Å². The number of aromatic nitrogens is 2. The summed E-state index contributed by atoms with van der Waals surface area (Å²) in [5.41, 5.74) is 4.54. The van der Waals surface area contributed by atoms with Crippen LogP contribution in [0.25, 0.3) is 43.6 Å². The first-order chi connectivity index (χ1) is 13.1. The van der Waals surface area contributed by atoms with Crippen molar-refractivity contribution in [3.63, 3.8) is 0 Å². The zero-order valence-corrected chi connectivity index (χ0v) is 15.0. The maximum atomic E-state index is 14.2. The quantitative estimate of drug-likeness (QED) is 0.415. The van der Waals surface area contributed by atoms with Crippen LogP contribution >= 0.6 is 11.3 Å². The van der Waals surface area contributed by atoms with Crippen LogP contribution in [-0.4, -0.2) is 15.3 Å². The van der Waals surface area contributed by atoms with Crippen LogP contribution in [0, 0.1) is 12.7 Å². The fourth-order valence-corrected chi connectivity index (χ4v) is 4.29. The summed E-state index contributed by atoms with van der Waals surface area (Å²) in [5, 5.41) is 21.9. The van der Waals surface area contributed by atoms with Crippen molar-refractivity contribution in [2.24, 2.45) is 0 Å². The minimum absolute atomic E-state index is 0.123. The molecule has 0 amide bonds. The molecular formula is C21H13FN2O2S. The lowest BCUT2D eigenvalue weighted by Crippen LogP contribution is -1.92. The van der Waals surface area contributed by atoms with Crippen molar-refractivity contribution in [3.05, 3.63) is 65.5 Å². The first-order valence-electron chi connectivity index (χ1n) is 8.33. The second-order valence-electron chi connectivity index (χ2n) is 6.32. The van der Waals surface area contributed by atoms with E-state index in [9.17, 15) is 9.50 Å². The minimum Gasteiger partial charge on any atom is -0.506 e. The van der Waals surface area contributed by atoms with Gasteiger partial charge in [0.25, 0.3) is 0 Å². The molecule has 3 heterocycles. The molecule has 0 unspecified atom stereocenters. The zero-order chi connectivity index (χ0) is 18.5. The lowest BCUT2D eigenvalue weighted by atomic mass is 10.0. The molecule has 1 N–H and O–H groups in total. The van der Waals surface area contributed by atoms with E-state index in [-0.39, 0.29) is 11.6 Å². The van der Waals surface area contributed by atoms with Crippen molar-refractivity contribution in [2.75, 3.05) is 0 Å². The van der Waals surface area contributed by atoms with Gasteiger partial charge in [-0.25, -0.2) is 4.39 Å². The van der Waals surface area contributed by atoms with Crippen LogP contribution in [0.4, 0.5) is 4.39 Å². The second-order valence-corrected chi connectivity index (χ2v) is 7.23. The third-order valence-corrected chi connectivity index (χ3v) is 5.59. The lowest BCUT2D eigenvalue weighted by Gasteiger charge is -2.08. The molecule has 27 heavy (non-hydrogen) atoms. The Kier molecular flexibility index (Phi) is 3.48. The molecule has 6 heteroatoms. The van der Waals surface area contributed by atoms with Gasteiger partial charge in [0.2, 0.25) is 0 Å². The van der Waals surface area contributed by atoms with Gasteiger partial charge in [-0.1, -0.05) is 18.2 Å². The molecule has 3 aromatic heterocycles. The predicted octanol–water partition coefficient (Wildman–Crippen LogP) is 5.92. The minimum atomic E-state index is -0.290. The summed E-state index contributed by atoms with van der Waals surface area (Å²) in [4.78, 5) is 0. The number of rotatable bonds is 2. The van der Waals surface area contributed by atoms with Crippen LogP contribution < -0.4 is 0 Å². The number of furan rings is 1. The van der Waals surface area contributed by atoms with Gasteiger partial charge in [0.15, 0.2) is 0 Å². The number of benzene rings is 2. The van der Waals surface area contributed by atoms with Gasteiger partial charge in [-0.2, -0.15) is 0 Å². The molecule has 0 spiro atoms. The van der Waals surface area contributed by atoms with Crippen LogP contribution in [-0.2, 0) is 0 Å². The van der Waals surface area contributed by atoms with Crippen LogP contribution in [0.1, 0.15) is 5.56 Å². The van der Waals surface area contributed by atoms with Crippen LogP contribution in [0.15, 0.2) is 58.5 Å². The topological polar surface area (TPSA) is 59.2 Å². The molecule has 0 atom stereocenters. The Bertz CT molecular complexity index is 1320. The number of fused-ring (bicyclic) bond motifs is 2. The third kappa shape index (κ3) is 2.41. The van der Waals surface area contributed by atoms with E-state index >= 15 is 0 Å². The number of halogens is 1. The number of hydrogen-bond donors (Lipinski definition) is 1. The fourth-order valence-electron chi connectivity index (χ4n) is 3.36. The Balaban J connectivity index is 1.70. The highest BCUT2D eigenvalue weighted by Crippen LogP contribution is 2.40. The van der Waals surface area contributed by atoms with Crippen LogP contribution in [0.2, 0.25) is 0 Å². The molecule has 0 radical (unpaired) electrons. The van der Waals surface area contributed by atoms with E-state index in [1.807, 2.05) is 24.4 Å². The highest BCUT2D eigenvalue weighted by atomic mass is 32.1. The normalized spacial score (nSPS) is 11.5. The average molecular weight is 376 g/mol. The maximum absolute atomic E-state index is 14.2. The molecule has 132 valence electrons. The molecular weight excluding hydrogens is 363 g/mol. The van der Waals surface area contributed by atoms with Crippen molar-refractivity contribution < 1.29 is 13.9 Å². The Morgan fingerprint density at radius 2 is 1.93 bits per heavy atom. The van der Waals surface area contributed by atoms with E-state index in [2.05, 4.69) is 10.2 Å². The van der Waals surface area contributed by atoms with E-state index in [0.717, 1.165) is 15.8 Å². The summed E-state index contributed by atoms with van der Waals surface area (Å²) in [6.45, 7) is 1.89. The molecule has 0 saturated carbocycles. The average Bonchev–Trinajstić information content (AvgIpc) is 3.29. The molecule has 2 aromatic carbocycles. The van der Waals surface area contributed by atoms with Gasteiger partial charge in [0, 0.05) is 22.1 Å². The molecule has 0 aliphatic heterocycles. The van der Waals surface area contributed by atoms with Crippen LogP contribution in [0.3, 0.4) is 0 Å². The highest BCUT2D eigenvalue weighted by molar-refractivity contribution is 7.17. The van der Waals surface area contributed by atoms with E-state index in [4.69, 9.17) is 4.42 Å². The fraction of sp³-hybridized carbons (Fsp3) is 0.0476. The summed E-state index contributed by atoms with van der Waals surface area (Å²) < 4.78 is 20.4. The first kappa shape index (κ1) is 16.0. The van der Waals surface area contributed by atoms with E-state index < -0.39 is 0 Å². The Hall–Kier alpha value is -3.25. The standard InChI is InChI=1S/C21H13FN2O2S/c1-11-8-17-13(6-7-26-17)21(25)19(11)16-9-18-20(24-23-16)14(10-27-18)12-4-2-3-5-15(12)22/h2-10,25H,1H3.